The average molecular weight is 866 g/mol. The molecule has 3 aliphatic rings. The van der Waals surface area contributed by atoms with Gasteiger partial charge in [-0.3, -0.25) is 24.2 Å². The van der Waals surface area contributed by atoms with Crippen LogP contribution in [0.25, 0.3) is 11.5 Å². The van der Waals surface area contributed by atoms with Crippen LogP contribution in [0.2, 0.25) is 0 Å². The van der Waals surface area contributed by atoms with Gasteiger partial charge in [-0.15, -0.1) is 0 Å². The Bertz CT molecular complexity index is 1900. The zero-order valence-electron chi connectivity index (χ0n) is 38.2. The summed E-state index contributed by atoms with van der Waals surface area (Å²) in [6.07, 6.45) is 0.901. The second-order valence-electron chi connectivity index (χ2n) is 18.2. The Kier molecular flexibility index (Phi) is 16.7. The number of hydrogen-bond acceptors (Lipinski definition) is 15. The highest BCUT2D eigenvalue weighted by atomic mass is 16.7. The zero-order chi connectivity index (χ0) is 45.5. The van der Waals surface area contributed by atoms with E-state index in [0.29, 0.717) is 61.4 Å². The lowest BCUT2D eigenvalue weighted by molar-refractivity contribution is -0.290. The van der Waals surface area contributed by atoms with E-state index in [-0.39, 0.29) is 37.0 Å². The average Bonchev–Trinajstić information content (AvgIpc) is 3.77. The molecule has 13 atom stereocenters. The van der Waals surface area contributed by atoms with Crippen molar-refractivity contribution in [2.75, 3.05) is 14.1 Å². The normalized spacial score (nSPS) is 35.4. The van der Waals surface area contributed by atoms with Crippen LogP contribution in [0.4, 0.5) is 0 Å². The molecule has 2 aliphatic heterocycles. The van der Waals surface area contributed by atoms with Gasteiger partial charge in [-0.25, -0.2) is 4.99 Å². The van der Waals surface area contributed by atoms with Crippen molar-refractivity contribution >= 4 is 35.1 Å². The van der Waals surface area contributed by atoms with Crippen LogP contribution in [0.15, 0.2) is 45.3 Å². The summed E-state index contributed by atoms with van der Waals surface area (Å²) in [5, 5.41) is 20.6. The number of ketones is 1. The molecule has 16 heteroatoms. The van der Waals surface area contributed by atoms with Gasteiger partial charge in [-0.2, -0.15) is 0 Å². The number of aliphatic imine (C=N–C) groups is 1. The van der Waals surface area contributed by atoms with E-state index in [9.17, 15) is 24.3 Å². The second kappa shape index (κ2) is 21.3. The van der Waals surface area contributed by atoms with Gasteiger partial charge in [0.1, 0.15) is 24.3 Å². The van der Waals surface area contributed by atoms with Crippen molar-refractivity contribution in [1.29, 1.82) is 0 Å². The number of rotatable bonds is 9. The van der Waals surface area contributed by atoms with Gasteiger partial charge in [0.2, 0.25) is 5.91 Å². The number of pyridine rings is 1. The summed E-state index contributed by atoms with van der Waals surface area (Å²) in [4.78, 5) is 71.2. The van der Waals surface area contributed by atoms with Crippen LogP contribution in [-0.4, -0.2) is 112 Å². The largest absolute Gasteiger partial charge is 0.459 e. The van der Waals surface area contributed by atoms with Crippen LogP contribution in [0.1, 0.15) is 113 Å². The first kappa shape index (κ1) is 48.6. The molecule has 16 nitrogen and oxygen atoms in total. The van der Waals surface area contributed by atoms with Crippen molar-refractivity contribution in [1.82, 2.24) is 15.0 Å². The minimum atomic E-state index is -1.19. The number of ether oxygens (including phenoxy) is 4. The predicted molar refractivity (Wildman–Crippen MR) is 229 cm³/mol. The summed E-state index contributed by atoms with van der Waals surface area (Å²) in [5.74, 6) is -4.89. The van der Waals surface area contributed by atoms with Gasteiger partial charge in [-0.1, -0.05) is 51.0 Å². The number of carbonyl (C=O) groups is 4. The molecule has 2 aromatic heterocycles. The van der Waals surface area contributed by atoms with Gasteiger partial charge in [-0.05, 0) is 96.2 Å². The highest BCUT2D eigenvalue weighted by Crippen LogP contribution is 2.45. The lowest BCUT2D eigenvalue weighted by Crippen LogP contribution is -2.58. The quantitative estimate of drug-likeness (QED) is 0.165. The molecule has 3 fully saturated rings. The van der Waals surface area contributed by atoms with Crippen LogP contribution in [0.3, 0.4) is 0 Å². The van der Waals surface area contributed by atoms with Crippen LogP contribution in [0.5, 0.6) is 0 Å². The van der Waals surface area contributed by atoms with Gasteiger partial charge in [0.15, 0.2) is 23.9 Å². The van der Waals surface area contributed by atoms with E-state index in [0.717, 1.165) is 5.56 Å². The van der Waals surface area contributed by atoms with Gasteiger partial charge in [0.25, 0.3) is 0 Å². The zero-order valence-corrected chi connectivity index (χ0v) is 38.2. The molecule has 5 rings (SSSR count). The van der Waals surface area contributed by atoms with Crippen LogP contribution >= 0.6 is 0 Å². The molecule has 342 valence electrons. The van der Waals surface area contributed by atoms with Gasteiger partial charge in [0.05, 0.1) is 36.3 Å². The van der Waals surface area contributed by atoms with Crippen molar-refractivity contribution in [2.24, 2.45) is 45.2 Å². The lowest BCUT2D eigenvalue weighted by Gasteiger charge is -2.48. The van der Waals surface area contributed by atoms with Crippen molar-refractivity contribution < 1.29 is 52.6 Å². The molecule has 1 amide bonds. The highest BCUT2D eigenvalue weighted by molar-refractivity contribution is 6.00. The maximum atomic E-state index is 14.7. The van der Waals surface area contributed by atoms with Crippen molar-refractivity contribution in [3.63, 3.8) is 0 Å². The molecule has 1 N–H and O–H groups in total. The van der Waals surface area contributed by atoms with E-state index < -0.39 is 77.5 Å². The lowest BCUT2D eigenvalue weighted by atomic mass is 9.66. The number of aromatic nitrogens is 2. The Morgan fingerprint density at radius 1 is 1.05 bits per heavy atom. The molecule has 62 heavy (non-hydrogen) atoms. The Labute approximate surface area is 365 Å². The number of Topliss-reactive ketones (excluding diaryl/α,β-unsaturated/α-hetero) is 1. The number of oxime groups is 1. The standard InChI is InChI=1S/C46H67N5O11/c1-12-37-41(55)34-15-14-33(50-57-24-32-13-16-35(47-23-32)38-18-20-48-62-38)17-19-46(9,22-25(2)39(27(34)4)49-30(7)52)43(28(5)40(54)29(6)44(56)60-37)61-45-42(59-31(8)53)36(51(10)11)21-26(3)58-45/h13,16,18,20,23,25-29,34,36-37,41-43,45,55H,12,14-15,17,19,21-22,24H2,1-11H3/b49-39+,50-33+/t25-,26-,27-,28+,29-,34-,36+,37-,41+,42-,43-,45+,46-/m1/s1. The van der Waals surface area contributed by atoms with Gasteiger partial charge < -0.3 is 38.3 Å². The smallest absolute Gasteiger partial charge is 0.316 e. The number of aliphatic hydroxyl groups is 1. The van der Waals surface area contributed by atoms with Crippen LogP contribution in [0, 0.1) is 35.0 Å². The summed E-state index contributed by atoms with van der Waals surface area (Å²) in [6, 6.07) is 5.15. The molecule has 0 spiro atoms. The minimum Gasteiger partial charge on any atom is -0.459 e. The molecule has 2 aromatic rings. The van der Waals surface area contributed by atoms with Crippen LogP contribution < -0.4 is 0 Å². The molecule has 4 heterocycles. The first-order chi connectivity index (χ1) is 29.3. The van der Waals surface area contributed by atoms with Crippen molar-refractivity contribution in [3.05, 3.63) is 36.2 Å². The fraction of sp³-hybridized carbons (Fsp3) is 0.696. The van der Waals surface area contributed by atoms with Crippen molar-refractivity contribution in [2.45, 2.75) is 157 Å². The Balaban J connectivity index is 1.64. The molecule has 1 saturated carbocycles. The molecular formula is C46H67N5O11. The maximum Gasteiger partial charge on any atom is 0.316 e. The predicted octanol–water partition coefficient (Wildman–Crippen LogP) is 6.38. The molecule has 2 bridgehead atoms. The first-order valence-electron chi connectivity index (χ1n) is 22.0. The Morgan fingerprint density at radius 2 is 1.79 bits per heavy atom. The summed E-state index contributed by atoms with van der Waals surface area (Å²) in [5.41, 5.74) is 1.84. The number of carbonyl (C=O) groups excluding carboxylic acids is 4. The third kappa shape index (κ3) is 11.8. The van der Waals surface area contributed by atoms with E-state index >= 15 is 0 Å². The van der Waals surface area contributed by atoms with E-state index in [2.05, 4.69) is 15.1 Å². The first-order valence-corrected chi connectivity index (χ1v) is 22.0. The molecule has 0 unspecified atom stereocenters. The SMILES string of the molecule is CC[C@H]1OC(=O)[C@H](C)C(=O)[C@H](C)[C@@H](O[C@@H]2O[C@H](C)C[C@H](N(C)C)[C@H]2OC(C)=O)[C@]2(C)CC/C(=N/OCc3ccc(-c4ccno4)nc3)CC[C@@H]([C@@H]1O)[C@@H](C)/C(=N/C(C)=O)[C@H](C)C2. The second-order valence-corrected chi connectivity index (χ2v) is 18.2. The van der Waals surface area contributed by atoms with E-state index in [4.69, 9.17) is 33.5 Å². The summed E-state index contributed by atoms with van der Waals surface area (Å²) in [7, 11) is 3.81. The van der Waals surface area contributed by atoms with Gasteiger partial charge >= 0.3 is 11.9 Å². The Hall–Kier alpha value is -4.38. The number of nitrogens with zero attached hydrogens (tertiary/aromatic N) is 5. The van der Waals surface area contributed by atoms with Crippen LogP contribution in [-0.2, 0) is 49.6 Å². The summed E-state index contributed by atoms with van der Waals surface area (Å²) < 4.78 is 30.8. The highest BCUT2D eigenvalue weighted by Gasteiger charge is 2.51. The fourth-order valence-corrected chi connectivity index (χ4v) is 9.69. The number of likely N-dealkylation sites (N-methyl/N-ethyl adjacent to an activating group) is 1. The number of hydrogen-bond donors (Lipinski definition) is 1. The number of esters is 2. The number of cyclic esters (lactones) is 1. The molecule has 1 aliphatic carbocycles. The third-order valence-electron chi connectivity index (χ3n) is 13.1. The summed E-state index contributed by atoms with van der Waals surface area (Å²) >= 11 is 0. The fourth-order valence-electron chi connectivity index (χ4n) is 9.69. The third-order valence-corrected chi connectivity index (χ3v) is 13.1. The monoisotopic (exact) mass is 865 g/mol. The Morgan fingerprint density at radius 3 is 2.40 bits per heavy atom. The van der Waals surface area contributed by atoms with E-state index in [1.165, 1.54) is 20.8 Å². The maximum absolute atomic E-state index is 14.7. The molecular weight excluding hydrogens is 799 g/mol. The van der Waals surface area contributed by atoms with E-state index in [1.54, 1.807) is 25.4 Å². The number of amides is 1. The van der Waals surface area contributed by atoms with Crippen molar-refractivity contribution in [3.8, 4) is 11.5 Å². The topological polar surface area (TPSA) is 202 Å². The van der Waals surface area contributed by atoms with E-state index in [1.807, 2.05) is 65.7 Å². The molecule has 0 aromatic carbocycles. The number of aliphatic hydroxyl groups excluding tert-OH is 1. The molecule has 2 saturated heterocycles. The minimum absolute atomic E-state index is 0.129. The summed E-state index contributed by atoms with van der Waals surface area (Å²) in [6.45, 7) is 15.9. The van der Waals surface area contributed by atoms with Gasteiger partial charge in [0, 0.05) is 49.2 Å². The number of fused-ring (bicyclic) bond motifs is 5. The molecule has 0 radical (unpaired) electrons.